The fraction of sp³-hybridized carbons (Fsp3) is 0.118. The molecule has 4 aromatic rings. The van der Waals surface area contributed by atoms with Crippen LogP contribution in [0.25, 0.3) is 33.1 Å². The third-order valence-corrected chi connectivity index (χ3v) is 3.79. The van der Waals surface area contributed by atoms with Crippen molar-refractivity contribution in [3.8, 4) is 17.1 Å². The number of fused-ring (bicyclic) bond motifs is 3. The number of ether oxygens (including phenoxy) is 2. The molecule has 2 N–H and O–H groups in total. The van der Waals surface area contributed by atoms with Gasteiger partial charge in [-0.15, -0.1) is 0 Å². The van der Waals surface area contributed by atoms with E-state index in [0.29, 0.717) is 27.6 Å². The summed E-state index contributed by atoms with van der Waals surface area (Å²) in [6.07, 6.45) is 2.17. The molecule has 0 unspecified atom stereocenters. The molecule has 0 radical (unpaired) electrons. The SMILES string of the molecule is CCOC(=O)Oc1c[nH]c2c(=O)[nH]c3ccc(-c4ccno4)cc3c12. The number of hydrogen-bond acceptors (Lipinski definition) is 6. The van der Waals surface area contributed by atoms with E-state index in [1.807, 2.05) is 12.1 Å². The van der Waals surface area contributed by atoms with Gasteiger partial charge < -0.3 is 24.0 Å². The Morgan fingerprint density at radius 1 is 1.32 bits per heavy atom. The fourth-order valence-electron chi connectivity index (χ4n) is 2.73. The summed E-state index contributed by atoms with van der Waals surface area (Å²) in [6.45, 7) is 1.87. The van der Waals surface area contributed by atoms with Crippen LogP contribution in [-0.2, 0) is 4.74 Å². The molecule has 1 aromatic carbocycles. The van der Waals surface area contributed by atoms with Crippen LogP contribution in [0.5, 0.6) is 5.75 Å². The number of nitrogens with zero attached hydrogens (tertiary/aromatic N) is 1. The predicted molar refractivity (Wildman–Crippen MR) is 89.6 cm³/mol. The van der Waals surface area contributed by atoms with Crippen LogP contribution in [0.2, 0.25) is 0 Å². The molecule has 0 amide bonds. The first-order valence-corrected chi connectivity index (χ1v) is 7.60. The molecule has 4 rings (SSSR count). The third kappa shape index (κ3) is 2.53. The van der Waals surface area contributed by atoms with Gasteiger partial charge in [0.2, 0.25) is 0 Å². The number of benzene rings is 1. The van der Waals surface area contributed by atoms with E-state index in [0.717, 1.165) is 5.56 Å². The number of aromatic amines is 2. The summed E-state index contributed by atoms with van der Waals surface area (Å²) in [4.78, 5) is 29.5. The molecular weight excluding hydrogens is 326 g/mol. The number of rotatable bonds is 3. The third-order valence-electron chi connectivity index (χ3n) is 3.79. The lowest BCUT2D eigenvalue weighted by Gasteiger charge is -2.06. The maximum atomic E-state index is 12.2. The minimum Gasteiger partial charge on any atom is -0.434 e. The van der Waals surface area contributed by atoms with E-state index in [-0.39, 0.29) is 17.9 Å². The topological polar surface area (TPSA) is 110 Å². The second-order valence-corrected chi connectivity index (χ2v) is 5.28. The zero-order valence-corrected chi connectivity index (χ0v) is 13.2. The molecule has 126 valence electrons. The summed E-state index contributed by atoms with van der Waals surface area (Å²) in [5.41, 5.74) is 1.38. The second-order valence-electron chi connectivity index (χ2n) is 5.28. The Morgan fingerprint density at radius 2 is 2.20 bits per heavy atom. The average Bonchev–Trinajstić information content (AvgIpc) is 3.25. The normalized spacial score (nSPS) is 11.1. The number of hydrogen-bond donors (Lipinski definition) is 2. The number of pyridine rings is 1. The molecule has 0 atom stereocenters. The Morgan fingerprint density at radius 3 is 2.96 bits per heavy atom. The van der Waals surface area contributed by atoms with Crippen LogP contribution in [0, 0.1) is 0 Å². The molecule has 0 fully saturated rings. The van der Waals surface area contributed by atoms with E-state index in [1.54, 1.807) is 25.3 Å². The van der Waals surface area contributed by atoms with Crippen LogP contribution in [0.1, 0.15) is 6.92 Å². The van der Waals surface area contributed by atoms with Crippen molar-refractivity contribution in [2.45, 2.75) is 6.92 Å². The van der Waals surface area contributed by atoms with Crippen LogP contribution >= 0.6 is 0 Å². The quantitative estimate of drug-likeness (QED) is 0.555. The first kappa shape index (κ1) is 15.0. The summed E-state index contributed by atoms with van der Waals surface area (Å²) in [6, 6.07) is 7.13. The van der Waals surface area contributed by atoms with Crippen molar-refractivity contribution in [2.24, 2.45) is 0 Å². The number of H-pyrrole nitrogens is 2. The minimum absolute atomic E-state index is 0.193. The van der Waals surface area contributed by atoms with Crippen molar-refractivity contribution >= 4 is 28.0 Å². The van der Waals surface area contributed by atoms with Crippen molar-refractivity contribution < 1.29 is 18.8 Å². The Labute approximate surface area is 140 Å². The molecule has 0 aliphatic rings. The van der Waals surface area contributed by atoms with Gasteiger partial charge in [0, 0.05) is 28.7 Å². The lowest BCUT2D eigenvalue weighted by atomic mass is 10.1. The summed E-state index contributed by atoms with van der Waals surface area (Å²) in [5.74, 6) is 0.809. The van der Waals surface area contributed by atoms with Gasteiger partial charge in [-0.25, -0.2) is 4.79 Å². The molecular formula is C17H13N3O5. The number of carbonyl (C=O) groups is 1. The number of carbonyl (C=O) groups excluding carboxylic acids is 1. The Bertz CT molecular complexity index is 1120. The summed E-state index contributed by atoms with van der Waals surface area (Å²) in [7, 11) is 0. The highest BCUT2D eigenvalue weighted by Crippen LogP contribution is 2.33. The summed E-state index contributed by atoms with van der Waals surface area (Å²) >= 11 is 0. The predicted octanol–water partition coefficient (Wildman–Crippen LogP) is 3.20. The number of aromatic nitrogens is 3. The van der Waals surface area contributed by atoms with Gasteiger partial charge in [0.25, 0.3) is 5.56 Å². The number of nitrogens with one attached hydrogen (secondary N) is 2. The summed E-state index contributed by atoms with van der Waals surface area (Å²) < 4.78 is 15.2. The highest BCUT2D eigenvalue weighted by atomic mass is 16.7. The maximum absolute atomic E-state index is 12.2. The molecule has 0 spiro atoms. The van der Waals surface area contributed by atoms with E-state index in [1.165, 1.54) is 6.20 Å². The molecule has 0 aliphatic heterocycles. The standard InChI is InChI=1S/C17H13N3O5/c1-2-23-17(22)24-13-8-18-15-14(13)10-7-9(12-5-6-19-25-12)3-4-11(10)20-16(15)21/h3-8,18H,2H2,1H3,(H,20,21). The largest absolute Gasteiger partial charge is 0.513 e. The van der Waals surface area contributed by atoms with Gasteiger partial charge in [-0.3, -0.25) is 4.79 Å². The first-order chi connectivity index (χ1) is 12.2. The Kier molecular flexibility index (Phi) is 3.50. The smallest absolute Gasteiger partial charge is 0.434 e. The second kappa shape index (κ2) is 5.82. The molecule has 3 aromatic heterocycles. The fourth-order valence-corrected chi connectivity index (χ4v) is 2.73. The zero-order valence-electron chi connectivity index (χ0n) is 13.2. The van der Waals surface area contributed by atoms with Gasteiger partial charge in [-0.05, 0) is 25.1 Å². The maximum Gasteiger partial charge on any atom is 0.513 e. The van der Waals surface area contributed by atoms with Crippen LogP contribution in [-0.4, -0.2) is 27.9 Å². The molecule has 8 nitrogen and oxygen atoms in total. The van der Waals surface area contributed by atoms with Crippen molar-refractivity contribution in [3.63, 3.8) is 0 Å². The van der Waals surface area contributed by atoms with E-state index in [4.69, 9.17) is 14.0 Å². The minimum atomic E-state index is -0.830. The highest BCUT2D eigenvalue weighted by Gasteiger charge is 2.17. The van der Waals surface area contributed by atoms with Gasteiger partial charge in [0.05, 0.1) is 18.2 Å². The van der Waals surface area contributed by atoms with Crippen molar-refractivity contribution in [3.05, 3.63) is 47.0 Å². The summed E-state index contributed by atoms with van der Waals surface area (Å²) in [5, 5.41) is 4.89. The lowest BCUT2D eigenvalue weighted by Crippen LogP contribution is -2.10. The molecule has 0 saturated heterocycles. The molecule has 0 bridgehead atoms. The van der Waals surface area contributed by atoms with Crippen LogP contribution in [0.3, 0.4) is 0 Å². The first-order valence-electron chi connectivity index (χ1n) is 7.60. The molecule has 8 heteroatoms. The van der Waals surface area contributed by atoms with Crippen molar-refractivity contribution in [2.75, 3.05) is 6.61 Å². The zero-order chi connectivity index (χ0) is 17.4. The van der Waals surface area contributed by atoms with Crippen LogP contribution in [0.15, 0.2) is 46.0 Å². The van der Waals surface area contributed by atoms with Crippen LogP contribution < -0.4 is 10.3 Å². The van der Waals surface area contributed by atoms with E-state index in [2.05, 4.69) is 15.1 Å². The van der Waals surface area contributed by atoms with E-state index >= 15 is 0 Å². The van der Waals surface area contributed by atoms with Gasteiger partial charge >= 0.3 is 6.16 Å². The van der Waals surface area contributed by atoms with Crippen molar-refractivity contribution in [1.82, 2.24) is 15.1 Å². The molecule has 0 aliphatic carbocycles. The monoisotopic (exact) mass is 339 g/mol. The van der Waals surface area contributed by atoms with Gasteiger partial charge in [0.15, 0.2) is 11.5 Å². The molecule has 0 saturated carbocycles. The molecule has 3 heterocycles. The van der Waals surface area contributed by atoms with Gasteiger partial charge in [-0.1, -0.05) is 5.16 Å². The Balaban J connectivity index is 1.95. The van der Waals surface area contributed by atoms with Gasteiger partial charge in [-0.2, -0.15) is 0 Å². The highest BCUT2D eigenvalue weighted by molar-refractivity contribution is 6.09. The van der Waals surface area contributed by atoms with E-state index < -0.39 is 6.16 Å². The van der Waals surface area contributed by atoms with E-state index in [9.17, 15) is 9.59 Å². The average molecular weight is 339 g/mol. The van der Waals surface area contributed by atoms with Crippen molar-refractivity contribution in [1.29, 1.82) is 0 Å². The molecule has 25 heavy (non-hydrogen) atoms. The lowest BCUT2D eigenvalue weighted by molar-refractivity contribution is 0.105. The van der Waals surface area contributed by atoms with Crippen LogP contribution in [0.4, 0.5) is 4.79 Å². The Hall–Kier alpha value is -3.55. The van der Waals surface area contributed by atoms with Gasteiger partial charge in [0.1, 0.15) is 5.52 Å².